The van der Waals surface area contributed by atoms with Gasteiger partial charge in [-0.3, -0.25) is 9.59 Å². The third kappa shape index (κ3) is 41.8. The summed E-state index contributed by atoms with van der Waals surface area (Å²) in [6.45, 7) is 4.07. The van der Waals surface area contributed by atoms with E-state index in [0.717, 1.165) is 77.0 Å². The lowest BCUT2D eigenvalue weighted by molar-refractivity contribution is -0.152. The second-order valence-electron chi connectivity index (χ2n) is 14.0. The number of carbonyl (C=O) groups is 2. The van der Waals surface area contributed by atoms with Gasteiger partial charge in [0, 0.05) is 12.8 Å². The molecule has 0 aromatic carbocycles. The summed E-state index contributed by atoms with van der Waals surface area (Å²) in [5.41, 5.74) is 0. The van der Waals surface area contributed by atoms with Crippen molar-refractivity contribution >= 4 is 11.9 Å². The number of allylic oxidation sites excluding steroid dienone is 12. The molecule has 1 N–H and O–H groups in total. The van der Waals surface area contributed by atoms with Crippen LogP contribution in [-0.2, 0) is 19.1 Å². The van der Waals surface area contributed by atoms with E-state index in [1.165, 1.54) is 89.9 Å². The SMILES string of the molecule is CCC=CCC=CCC=CCCCCCCCCCCCC(=O)OCC(O)COC(=O)CCCCCCCCCCCC=CCC=CCC=CCC. The Kier molecular flexibility index (Phi) is 40.6. The highest BCUT2D eigenvalue weighted by Crippen LogP contribution is 2.14. The van der Waals surface area contributed by atoms with Crippen molar-refractivity contribution in [2.45, 2.75) is 200 Å². The van der Waals surface area contributed by atoms with Gasteiger partial charge in [-0.1, -0.05) is 177 Å². The normalized spacial score (nSPS) is 12.9. The van der Waals surface area contributed by atoms with E-state index < -0.39 is 6.10 Å². The van der Waals surface area contributed by atoms with Gasteiger partial charge in [0.05, 0.1) is 0 Å². The molecule has 0 heterocycles. The monoisotopic (exact) mass is 725 g/mol. The minimum atomic E-state index is -0.972. The summed E-state index contributed by atoms with van der Waals surface area (Å²) < 4.78 is 10.4. The van der Waals surface area contributed by atoms with Crippen LogP contribution in [0.5, 0.6) is 0 Å². The van der Waals surface area contributed by atoms with Crippen molar-refractivity contribution in [2.75, 3.05) is 13.2 Å². The minimum Gasteiger partial charge on any atom is -0.463 e. The number of unbranched alkanes of at least 4 members (excludes halogenated alkanes) is 18. The first-order chi connectivity index (χ1) is 25.6. The summed E-state index contributed by atoms with van der Waals surface area (Å²) in [5, 5.41) is 10.0. The Balaban J connectivity index is 3.45. The van der Waals surface area contributed by atoms with Gasteiger partial charge in [-0.2, -0.15) is 0 Å². The summed E-state index contributed by atoms with van der Waals surface area (Å²) in [7, 11) is 0. The van der Waals surface area contributed by atoms with Crippen LogP contribution in [0.4, 0.5) is 0 Å². The molecule has 0 amide bonds. The quantitative estimate of drug-likeness (QED) is 0.0390. The number of aliphatic hydroxyl groups excluding tert-OH is 1. The van der Waals surface area contributed by atoms with Gasteiger partial charge in [-0.25, -0.2) is 0 Å². The Morgan fingerprint density at radius 3 is 1.00 bits per heavy atom. The molecule has 0 aliphatic rings. The molecule has 0 aromatic heterocycles. The molecule has 0 aliphatic heterocycles. The number of aliphatic hydroxyl groups is 1. The fourth-order valence-electron chi connectivity index (χ4n) is 5.76. The third-order valence-electron chi connectivity index (χ3n) is 8.94. The highest BCUT2D eigenvalue weighted by molar-refractivity contribution is 5.69. The first-order valence-electron chi connectivity index (χ1n) is 21.5. The molecule has 298 valence electrons. The molecule has 0 saturated heterocycles. The van der Waals surface area contributed by atoms with Crippen LogP contribution in [0.3, 0.4) is 0 Å². The third-order valence-corrected chi connectivity index (χ3v) is 8.94. The molecule has 0 bridgehead atoms. The highest BCUT2D eigenvalue weighted by Gasteiger charge is 2.12. The van der Waals surface area contributed by atoms with Crippen molar-refractivity contribution in [1.82, 2.24) is 0 Å². The molecule has 5 heteroatoms. The maximum atomic E-state index is 12.0. The van der Waals surface area contributed by atoms with Crippen LogP contribution < -0.4 is 0 Å². The van der Waals surface area contributed by atoms with Gasteiger partial charge in [0.1, 0.15) is 19.3 Å². The van der Waals surface area contributed by atoms with E-state index in [1.54, 1.807) is 0 Å². The summed E-state index contributed by atoms with van der Waals surface area (Å²) in [4.78, 5) is 24.0. The lowest BCUT2D eigenvalue weighted by Gasteiger charge is -2.12. The summed E-state index contributed by atoms with van der Waals surface area (Å²) in [5.74, 6) is -0.580. The number of hydrogen-bond donors (Lipinski definition) is 1. The van der Waals surface area contributed by atoms with Crippen LogP contribution in [0.15, 0.2) is 72.9 Å². The maximum Gasteiger partial charge on any atom is 0.305 e. The topological polar surface area (TPSA) is 72.8 Å². The number of hydrogen-bond acceptors (Lipinski definition) is 5. The zero-order valence-electron chi connectivity index (χ0n) is 33.8. The minimum absolute atomic E-state index is 0.123. The Hall–Kier alpha value is -2.66. The second-order valence-corrected chi connectivity index (χ2v) is 14.0. The predicted molar refractivity (Wildman–Crippen MR) is 223 cm³/mol. The van der Waals surface area contributed by atoms with Gasteiger partial charge in [-0.15, -0.1) is 0 Å². The average molecular weight is 725 g/mol. The molecule has 0 unspecified atom stereocenters. The van der Waals surface area contributed by atoms with E-state index in [-0.39, 0.29) is 25.2 Å². The lowest BCUT2D eigenvalue weighted by Crippen LogP contribution is -2.25. The molecule has 52 heavy (non-hydrogen) atoms. The van der Waals surface area contributed by atoms with Gasteiger partial charge >= 0.3 is 11.9 Å². The van der Waals surface area contributed by atoms with Crippen LogP contribution in [0.1, 0.15) is 194 Å². The molecule has 0 spiro atoms. The average Bonchev–Trinajstić information content (AvgIpc) is 3.15. The Morgan fingerprint density at radius 1 is 0.404 bits per heavy atom. The van der Waals surface area contributed by atoms with Crippen molar-refractivity contribution in [3.8, 4) is 0 Å². The molecule has 0 saturated carbocycles. The van der Waals surface area contributed by atoms with E-state index in [9.17, 15) is 14.7 Å². The van der Waals surface area contributed by atoms with Gasteiger partial charge in [0.2, 0.25) is 0 Å². The fraction of sp³-hybridized carbons (Fsp3) is 0.702. The second kappa shape index (κ2) is 42.8. The van der Waals surface area contributed by atoms with Gasteiger partial charge < -0.3 is 14.6 Å². The van der Waals surface area contributed by atoms with Gasteiger partial charge in [0.25, 0.3) is 0 Å². The van der Waals surface area contributed by atoms with Crippen LogP contribution >= 0.6 is 0 Å². The van der Waals surface area contributed by atoms with E-state index in [0.29, 0.717) is 12.8 Å². The Morgan fingerprint density at radius 2 is 0.673 bits per heavy atom. The molecule has 0 fully saturated rings. The Bertz CT molecular complexity index is 881. The zero-order valence-corrected chi connectivity index (χ0v) is 33.8. The van der Waals surface area contributed by atoms with E-state index in [1.807, 2.05) is 0 Å². The van der Waals surface area contributed by atoms with Crippen molar-refractivity contribution in [2.24, 2.45) is 0 Å². The molecule has 0 radical (unpaired) electrons. The largest absolute Gasteiger partial charge is 0.463 e. The molecular formula is C47H80O5. The maximum absolute atomic E-state index is 12.0. The highest BCUT2D eigenvalue weighted by atomic mass is 16.6. The van der Waals surface area contributed by atoms with Crippen molar-refractivity contribution in [3.05, 3.63) is 72.9 Å². The lowest BCUT2D eigenvalue weighted by atomic mass is 10.1. The summed E-state index contributed by atoms with van der Waals surface area (Å²) >= 11 is 0. The number of esters is 2. The molecule has 0 atom stereocenters. The first-order valence-corrected chi connectivity index (χ1v) is 21.5. The van der Waals surface area contributed by atoms with Gasteiger partial charge in [0.15, 0.2) is 0 Å². The molecule has 0 aromatic rings. The fourth-order valence-corrected chi connectivity index (χ4v) is 5.76. The van der Waals surface area contributed by atoms with Crippen LogP contribution in [0.25, 0.3) is 0 Å². The predicted octanol–water partition coefficient (Wildman–Crippen LogP) is 13.7. The summed E-state index contributed by atoms with van der Waals surface area (Å²) in [6, 6.07) is 0. The van der Waals surface area contributed by atoms with Crippen LogP contribution in [0.2, 0.25) is 0 Å². The molecule has 5 nitrogen and oxygen atoms in total. The smallest absolute Gasteiger partial charge is 0.305 e. The zero-order chi connectivity index (χ0) is 37.8. The van der Waals surface area contributed by atoms with E-state index in [4.69, 9.17) is 9.47 Å². The number of rotatable bonds is 38. The van der Waals surface area contributed by atoms with Crippen molar-refractivity contribution < 1.29 is 24.2 Å². The van der Waals surface area contributed by atoms with E-state index in [2.05, 4.69) is 86.8 Å². The number of ether oxygens (including phenoxy) is 2. The van der Waals surface area contributed by atoms with Crippen LogP contribution in [-0.4, -0.2) is 36.4 Å². The number of carbonyl (C=O) groups excluding carboxylic acids is 2. The van der Waals surface area contributed by atoms with Crippen molar-refractivity contribution in [3.63, 3.8) is 0 Å². The van der Waals surface area contributed by atoms with Crippen LogP contribution in [0, 0.1) is 0 Å². The van der Waals surface area contributed by atoms with Crippen molar-refractivity contribution in [1.29, 1.82) is 0 Å². The van der Waals surface area contributed by atoms with Gasteiger partial charge in [-0.05, 0) is 77.0 Å². The molecule has 0 rings (SSSR count). The van der Waals surface area contributed by atoms with E-state index >= 15 is 0 Å². The molecule has 0 aliphatic carbocycles. The Labute approximate surface area is 321 Å². The first kappa shape index (κ1) is 49.3. The standard InChI is InChI=1S/C47H80O5/c1-3-5-7-9-11-13-15-17-19-21-23-25-27-29-31-33-35-37-39-41-46(49)51-43-45(48)44-52-47(50)42-40-38-36-34-32-30-28-26-24-22-20-18-16-14-12-10-8-6-4-2/h5-8,11-14,17-20,45,48H,3-4,9-10,15-16,21-44H2,1-2H3. The molecular weight excluding hydrogens is 645 g/mol. The summed E-state index contributed by atoms with van der Waals surface area (Å²) in [6.07, 6.45) is 56.8.